The van der Waals surface area contributed by atoms with E-state index in [4.69, 9.17) is 4.74 Å². The van der Waals surface area contributed by atoms with Crippen LogP contribution in [-0.2, 0) is 0 Å². The van der Waals surface area contributed by atoms with E-state index in [-0.39, 0.29) is 16.4 Å². The summed E-state index contributed by atoms with van der Waals surface area (Å²) < 4.78 is 34.9. The van der Waals surface area contributed by atoms with Gasteiger partial charge in [0, 0.05) is 29.3 Å². The first kappa shape index (κ1) is 26.2. The average Bonchev–Trinajstić information content (AvgIpc) is 2.92. The van der Waals surface area contributed by atoms with Gasteiger partial charge >= 0.3 is 0 Å². The van der Waals surface area contributed by atoms with Crippen molar-refractivity contribution in [2.45, 2.75) is 24.2 Å². The zero-order chi connectivity index (χ0) is 26.6. The Balaban J connectivity index is 1.49. The first-order valence-electron chi connectivity index (χ1n) is 12.7. The van der Waals surface area contributed by atoms with Crippen molar-refractivity contribution in [2.24, 2.45) is 0 Å². The molecule has 1 aliphatic heterocycles. The van der Waals surface area contributed by atoms with Gasteiger partial charge in [-0.15, -0.1) is 11.8 Å². The van der Waals surface area contributed by atoms with Gasteiger partial charge in [0.25, 0.3) is 0 Å². The molecule has 0 atom stereocenters. The lowest BCUT2D eigenvalue weighted by molar-refractivity contribution is 0.104. The summed E-state index contributed by atoms with van der Waals surface area (Å²) in [5.41, 5.74) is 1.49. The number of aromatic hydroxyl groups is 1. The Kier molecular flexibility index (Phi) is 7.95. The monoisotopic (exact) mass is 533 g/mol. The van der Waals surface area contributed by atoms with E-state index in [9.17, 15) is 18.7 Å². The number of rotatable bonds is 8. The van der Waals surface area contributed by atoms with Crippen molar-refractivity contribution in [2.75, 3.05) is 32.5 Å². The summed E-state index contributed by atoms with van der Waals surface area (Å²) in [4.78, 5) is 16.6. The molecule has 0 saturated carbocycles. The van der Waals surface area contributed by atoms with Crippen molar-refractivity contribution in [3.8, 4) is 22.6 Å². The topological polar surface area (TPSA) is 49.8 Å². The Morgan fingerprint density at radius 2 is 1.71 bits per heavy atom. The smallest absolute Gasteiger partial charge is 0.194 e. The summed E-state index contributed by atoms with van der Waals surface area (Å²) in [5.74, 6) is -0.934. The first-order valence-corrected chi connectivity index (χ1v) is 14.0. The molecule has 0 aliphatic carbocycles. The molecule has 0 spiro atoms. The molecule has 1 saturated heterocycles. The molecule has 0 bridgehead atoms. The Hall–Kier alpha value is -3.42. The SMILES string of the molecule is CSc1c(F)cc(F)cc1-c1ccc2cc(O)ccc2c1C(=O)c1ccc(OCCN2CCCCC2)cc1. The number of piperidine rings is 1. The van der Waals surface area contributed by atoms with E-state index in [0.29, 0.717) is 45.4 Å². The van der Waals surface area contributed by atoms with Gasteiger partial charge in [0.1, 0.15) is 29.7 Å². The van der Waals surface area contributed by atoms with Gasteiger partial charge in [-0.1, -0.05) is 18.6 Å². The predicted octanol–water partition coefficient (Wildman–Crippen LogP) is 7.31. The maximum atomic E-state index is 14.7. The predicted molar refractivity (Wildman–Crippen MR) is 148 cm³/mol. The zero-order valence-electron chi connectivity index (χ0n) is 21.2. The number of hydrogen-bond acceptors (Lipinski definition) is 5. The highest BCUT2D eigenvalue weighted by atomic mass is 32.2. The van der Waals surface area contributed by atoms with Gasteiger partial charge in [-0.25, -0.2) is 8.78 Å². The number of ketones is 1. The van der Waals surface area contributed by atoms with Crippen LogP contribution in [0.1, 0.15) is 35.2 Å². The van der Waals surface area contributed by atoms with Crippen LogP contribution in [0.25, 0.3) is 21.9 Å². The van der Waals surface area contributed by atoms with Gasteiger partial charge in [0.2, 0.25) is 0 Å². The lowest BCUT2D eigenvalue weighted by Gasteiger charge is -2.26. The minimum Gasteiger partial charge on any atom is -0.508 e. The fraction of sp³-hybridized carbons (Fsp3) is 0.258. The highest BCUT2D eigenvalue weighted by Gasteiger charge is 2.22. The number of hydrogen-bond donors (Lipinski definition) is 1. The molecule has 1 N–H and O–H groups in total. The number of benzene rings is 4. The van der Waals surface area contributed by atoms with Crippen LogP contribution in [0.2, 0.25) is 0 Å². The highest BCUT2D eigenvalue weighted by molar-refractivity contribution is 7.98. The second-order valence-corrected chi connectivity index (χ2v) is 10.3. The third kappa shape index (κ3) is 5.54. The molecular formula is C31H29F2NO3S. The molecule has 0 radical (unpaired) electrons. The van der Waals surface area contributed by atoms with E-state index in [1.54, 1.807) is 54.8 Å². The van der Waals surface area contributed by atoms with Crippen molar-refractivity contribution in [3.05, 3.63) is 89.5 Å². The zero-order valence-corrected chi connectivity index (χ0v) is 22.0. The van der Waals surface area contributed by atoms with Crippen LogP contribution in [0.15, 0.2) is 71.6 Å². The van der Waals surface area contributed by atoms with Crippen LogP contribution in [0.5, 0.6) is 11.5 Å². The minimum absolute atomic E-state index is 0.0660. The number of phenols is 1. The third-order valence-corrected chi connectivity index (χ3v) is 7.80. The number of halogens is 2. The lowest BCUT2D eigenvalue weighted by atomic mass is 9.89. The maximum Gasteiger partial charge on any atom is 0.194 e. The molecule has 38 heavy (non-hydrogen) atoms. The van der Waals surface area contributed by atoms with E-state index in [1.165, 1.54) is 31.4 Å². The average molecular weight is 534 g/mol. The molecule has 1 aliphatic rings. The van der Waals surface area contributed by atoms with Gasteiger partial charge in [-0.05, 0) is 97.1 Å². The molecule has 0 amide bonds. The highest BCUT2D eigenvalue weighted by Crippen LogP contribution is 2.39. The fourth-order valence-electron chi connectivity index (χ4n) is 5.08. The van der Waals surface area contributed by atoms with Crippen LogP contribution in [0, 0.1) is 11.6 Å². The number of carbonyl (C=O) groups is 1. The first-order chi connectivity index (χ1) is 18.4. The molecule has 0 unspecified atom stereocenters. The lowest BCUT2D eigenvalue weighted by Crippen LogP contribution is -2.33. The van der Waals surface area contributed by atoms with Crippen LogP contribution in [0.4, 0.5) is 8.78 Å². The number of fused-ring (bicyclic) bond motifs is 1. The summed E-state index contributed by atoms with van der Waals surface area (Å²) >= 11 is 1.16. The summed E-state index contributed by atoms with van der Waals surface area (Å²) in [6.07, 6.45) is 5.46. The van der Waals surface area contributed by atoms with E-state index in [1.807, 2.05) is 0 Å². The molecule has 5 rings (SSSR count). The molecule has 4 aromatic rings. The van der Waals surface area contributed by atoms with Crippen molar-refractivity contribution >= 4 is 28.3 Å². The molecule has 196 valence electrons. The maximum absolute atomic E-state index is 14.7. The standard InChI is InChI=1S/C31H29F2NO3S/c1-38-31-27(18-22(32)19-28(31)33)26-11-7-21-17-23(35)8-12-25(21)29(26)30(36)20-5-9-24(10-6-20)37-16-15-34-13-3-2-4-14-34/h5-12,17-19,35H,2-4,13-16H2,1H3. The largest absolute Gasteiger partial charge is 0.508 e. The van der Waals surface area contributed by atoms with E-state index < -0.39 is 11.6 Å². The molecule has 4 aromatic carbocycles. The van der Waals surface area contributed by atoms with Crippen molar-refractivity contribution in [3.63, 3.8) is 0 Å². The molecule has 1 heterocycles. The molecule has 7 heteroatoms. The second-order valence-electron chi connectivity index (χ2n) is 9.47. The minimum atomic E-state index is -0.717. The number of likely N-dealkylation sites (tertiary alicyclic amines) is 1. The van der Waals surface area contributed by atoms with Gasteiger partial charge < -0.3 is 9.84 Å². The van der Waals surface area contributed by atoms with Crippen molar-refractivity contribution < 1.29 is 23.4 Å². The number of nitrogens with zero attached hydrogens (tertiary/aromatic N) is 1. The Bertz CT molecular complexity index is 1470. The number of ether oxygens (including phenoxy) is 1. The molecular weight excluding hydrogens is 504 g/mol. The molecule has 0 aromatic heterocycles. The Morgan fingerprint density at radius 1 is 0.947 bits per heavy atom. The second kappa shape index (κ2) is 11.5. The summed E-state index contributed by atoms with van der Waals surface area (Å²) in [5, 5.41) is 11.2. The van der Waals surface area contributed by atoms with Gasteiger partial charge in [0.05, 0.1) is 4.90 Å². The van der Waals surface area contributed by atoms with Crippen molar-refractivity contribution in [1.82, 2.24) is 4.90 Å². The number of carbonyl (C=O) groups excluding carboxylic acids is 1. The van der Waals surface area contributed by atoms with Crippen molar-refractivity contribution in [1.29, 1.82) is 0 Å². The summed E-state index contributed by atoms with van der Waals surface area (Å²) in [6.45, 7) is 3.66. The number of thioether (sulfide) groups is 1. The van der Waals surface area contributed by atoms with Crippen LogP contribution in [0.3, 0.4) is 0 Å². The van der Waals surface area contributed by atoms with Gasteiger partial charge in [-0.2, -0.15) is 0 Å². The summed E-state index contributed by atoms with van der Waals surface area (Å²) in [6, 6.07) is 17.2. The van der Waals surface area contributed by atoms with Crippen LogP contribution >= 0.6 is 11.8 Å². The molecule has 1 fully saturated rings. The molecule has 4 nitrogen and oxygen atoms in total. The number of phenolic OH excluding ortho intramolecular Hbond substituents is 1. The van der Waals surface area contributed by atoms with Crippen LogP contribution in [-0.4, -0.2) is 48.3 Å². The third-order valence-electron chi connectivity index (χ3n) is 6.97. The van der Waals surface area contributed by atoms with Gasteiger partial charge in [0.15, 0.2) is 5.78 Å². The normalized spacial score (nSPS) is 14.1. The van der Waals surface area contributed by atoms with E-state index >= 15 is 0 Å². The van der Waals surface area contributed by atoms with Gasteiger partial charge in [-0.3, -0.25) is 9.69 Å². The Labute approximate surface area is 225 Å². The fourth-order valence-corrected chi connectivity index (χ4v) is 5.72. The van der Waals surface area contributed by atoms with Crippen LogP contribution < -0.4 is 4.74 Å². The van der Waals surface area contributed by atoms with E-state index in [0.717, 1.165) is 37.5 Å². The van der Waals surface area contributed by atoms with E-state index in [2.05, 4.69) is 4.90 Å². The summed E-state index contributed by atoms with van der Waals surface area (Å²) in [7, 11) is 0. The quantitative estimate of drug-likeness (QED) is 0.190. The Morgan fingerprint density at radius 3 is 2.45 bits per heavy atom.